The van der Waals surface area contributed by atoms with Crippen molar-refractivity contribution >= 4 is 22.5 Å². The third kappa shape index (κ3) is 6.26. The highest BCUT2D eigenvalue weighted by Crippen LogP contribution is 2.22. The van der Waals surface area contributed by atoms with Crippen LogP contribution in [0.2, 0.25) is 0 Å². The molecule has 1 amide bonds. The normalized spacial score (nSPS) is 14.2. The number of carbonyl (C=O) groups excluding carboxylic acids is 1. The Hall–Kier alpha value is -3.68. The van der Waals surface area contributed by atoms with Gasteiger partial charge in [-0.25, -0.2) is 0 Å². The summed E-state index contributed by atoms with van der Waals surface area (Å²) in [5, 5.41) is 8.65. The number of rotatable bonds is 9. The van der Waals surface area contributed by atoms with Crippen LogP contribution in [0.3, 0.4) is 0 Å². The molecule has 7 heteroatoms. The van der Waals surface area contributed by atoms with Gasteiger partial charge in [-0.15, -0.1) is 0 Å². The third-order valence-corrected chi connectivity index (χ3v) is 6.14. The second-order valence-electron chi connectivity index (χ2n) is 8.73. The largest absolute Gasteiger partial charge is 0.457 e. The molecular formula is C28H30N4O3. The average Bonchev–Trinajstić information content (AvgIpc) is 3.29. The summed E-state index contributed by atoms with van der Waals surface area (Å²) in [7, 11) is 0. The molecule has 0 spiro atoms. The number of nitrogens with one attached hydrogen (secondary N) is 1. The van der Waals surface area contributed by atoms with Crippen LogP contribution in [-0.2, 0) is 22.5 Å². The van der Waals surface area contributed by atoms with Gasteiger partial charge < -0.3 is 14.8 Å². The van der Waals surface area contributed by atoms with Gasteiger partial charge >= 0.3 is 0 Å². The quantitative estimate of drug-likeness (QED) is 0.383. The Morgan fingerprint density at radius 2 is 1.71 bits per heavy atom. The summed E-state index contributed by atoms with van der Waals surface area (Å²) in [4.78, 5) is 15.1. The minimum absolute atomic E-state index is 0.0561. The number of anilines is 1. The zero-order valence-corrected chi connectivity index (χ0v) is 19.7. The lowest BCUT2D eigenvalue weighted by atomic mass is 10.1. The zero-order chi connectivity index (χ0) is 23.9. The van der Waals surface area contributed by atoms with Gasteiger partial charge in [-0.3, -0.25) is 14.4 Å². The molecule has 7 nitrogen and oxygen atoms in total. The highest BCUT2D eigenvalue weighted by Gasteiger charge is 2.11. The number of aromatic nitrogens is 2. The van der Waals surface area contributed by atoms with E-state index in [0.717, 1.165) is 79.5 Å². The van der Waals surface area contributed by atoms with Crippen molar-refractivity contribution in [3.05, 3.63) is 84.6 Å². The van der Waals surface area contributed by atoms with Gasteiger partial charge in [-0.1, -0.05) is 30.3 Å². The Balaban J connectivity index is 1.16. The molecule has 35 heavy (non-hydrogen) atoms. The molecular weight excluding hydrogens is 440 g/mol. The molecule has 0 aliphatic carbocycles. The van der Waals surface area contributed by atoms with E-state index in [1.165, 1.54) is 0 Å². The van der Waals surface area contributed by atoms with Crippen molar-refractivity contribution in [3.8, 4) is 11.5 Å². The van der Waals surface area contributed by atoms with E-state index >= 15 is 0 Å². The van der Waals surface area contributed by atoms with E-state index in [0.29, 0.717) is 6.42 Å². The van der Waals surface area contributed by atoms with Crippen LogP contribution < -0.4 is 10.1 Å². The molecule has 0 bridgehead atoms. The van der Waals surface area contributed by atoms with E-state index in [1.807, 2.05) is 83.7 Å². The zero-order valence-electron chi connectivity index (χ0n) is 19.7. The molecule has 3 aromatic carbocycles. The second kappa shape index (κ2) is 11.2. The van der Waals surface area contributed by atoms with E-state index in [1.54, 1.807) is 0 Å². The molecule has 180 valence electrons. The fourth-order valence-electron chi connectivity index (χ4n) is 4.29. The number of hydrogen-bond donors (Lipinski definition) is 1. The maximum atomic E-state index is 12.7. The number of aryl methyl sites for hydroxylation is 1. The van der Waals surface area contributed by atoms with E-state index in [-0.39, 0.29) is 5.91 Å². The Labute approximate surface area is 205 Å². The van der Waals surface area contributed by atoms with Gasteiger partial charge in [-0.2, -0.15) is 5.10 Å². The van der Waals surface area contributed by atoms with Crippen LogP contribution >= 0.6 is 0 Å². The molecule has 0 atom stereocenters. The SMILES string of the molecule is O=C(Cc1ccc(Oc2ccccc2)cc1)Nc1ccc2cnn(CCCN3CCOCC3)c2c1. The van der Waals surface area contributed by atoms with Gasteiger partial charge in [0, 0.05) is 37.3 Å². The van der Waals surface area contributed by atoms with Crippen molar-refractivity contribution in [2.75, 3.05) is 38.2 Å². The molecule has 0 radical (unpaired) electrons. The summed E-state index contributed by atoms with van der Waals surface area (Å²) in [6.45, 7) is 5.52. The van der Waals surface area contributed by atoms with Gasteiger partial charge in [0.2, 0.25) is 5.91 Å². The molecule has 5 rings (SSSR count). The maximum Gasteiger partial charge on any atom is 0.228 e. The number of para-hydroxylation sites is 1. The minimum atomic E-state index is -0.0561. The molecule has 1 aliphatic rings. The molecule has 1 saturated heterocycles. The smallest absolute Gasteiger partial charge is 0.228 e. The predicted octanol–water partition coefficient (Wildman–Crippen LogP) is 4.73. The lowest BCUT2D eigenvalue weighted by molar-refractivity contribution is -0.115. The van der Waals surface area contributed by atoms with Crippen LogP contribution in [0.5, 0.6) is 11.5 Å². The highest BCUT2D eigenvalue weighted by molar-refractivity contribution is 5.94. The van der Waals surface area contributed by atoms with Crippen molar-refractivity contribution in [3.63, 3.8) is 0 Å². The molecule has 1 fully saturated rings. The summed E-state index contributed by atoms with van der Waals surface area (Å²) in [5.41, 5.74) is 2.74. The summed E-state index contributed by atoms with van der Waals surface area (Å²) < 4.78 is 13.3. The minimum Gasteiger partial charge on any atom is -0.457 e. The fraction of sp³-hybridized carbons (Fsp3) is 0.286. The Morgan fingerprint density at radius 1 is 0.943 bits per heavy atom. The Kier molecular flexibility index (Phi) is 7.36. The van der Waals surface area contributed by atoms with Crippen molar-refractivity contribution in [2.45, 2.75) is 19.4 Å². The lowest BCUT2D eigenvalue weighted by Crippen LogP contribution is -2.37. The molecule has 4 aromatic rings. The van der Waals surface area contributed by atoms with E-state index in [4.69, 9.17) is 9.47 Å². The molecule has 1 N–H and O–H groups in total. The van der Waals surface area contributed by atoms with Crippen molar-refractivity contribution < 1.29 is 14.3 Å². The van der Waals surface area contributed by atoms with E-state index < -0.39 is 0 Å². The number of ether oxygens (including phenoxy) is 2. The van der Waals surface area contributed by atoms with Crippen LogP contribution in [0, 0.1) is 0 Å². The number of fused-ring (bicyclic) bond motifs is 1. The maximum absolute atomic E-state index is 12.7. The van der Waals surface area contributed by atoms with Gasteiger partial charge in [0.05, 0.1) is 31.3 Å². The van der Waals surface area contributed by atoms with Crippen molar-refractivity contribution in [1.82, 2.24) is 14.7 Å². The fourth-order valence-corrected chi connectivity index (χ4v) is 4.29. The van der Waals surface area contributed by atoms with Crippen LogP contribution in [0.1, 0.15) is 12.0 Å². The molecule has 0 saturated carbocycles. The Morgan fingerprint density at radius 3 is 2.51 bits per heavy atom. The molecule has 1 aromatic heterocycles. The summed E-state index contributed by atoms with van der Waals surface area (Å²) in [6, 6.07) is 23.2. The molecule has 1 aliphatic heterocycles. The summed E-state index contributed by atoms with van der Waals surface area (Å²) >= 11 is 0. The van der Waals surface area contributed by atoms with Gasteiger partial charge in [0.15, 0.2) is 0 Å². The Bertz CT molecular complexity index is 1250. The first-order valence-electron chi connectivity index (χ1n) is 12.1. The third-order valence-electron chi connectivity index (χ3n) is 6.14. The molecule has 2 heterocycles. The van der Waals surface area contributed by atoms with Crippen molar-refractivity contribution in [1.29, 1.82) is 0 Å². The topological polar surface area (TPSA) is 68.6 Å². The second-order valence-corrected chi connectivity index (χ2v) is 8.73. The number of hydrogen-bond acceptors (Lipinski definition) is 5. The predicted molar refractivity (Wildman–Crippen MR) is 137 cm³/mol. The monoisotopic (exact) mass is 470 g/mol. The van der Waals surface area contributed by atoms with Crippen LogP contribution in [0.25, 0.3) is 10.9 Å². The number of nitrogens with zero attached hydrogens (tertiary/aromatic N) is 3. The van der Waals surface area contributed by atoms with Gasteiger partial charge in [0.25, 0.3) is 0 Å². The van der Waals surface area contributed by atoms with Crippen LogP contribution in [-0.4, -0.2) is 53.4 Å². The number of carbonyl (C=O) groups is 1. The number of morpholine rings is 1. The van der Waals surface area contributed by atoms with E-state index in [9.17, 15) is 4.79 Å². The number of amides is 1. The average molecular weight is 471 g/mol. The summed E-state index contributed by atoms with van der Waals surface area (Å²) in [5.74, 6) is 1.47. The summed E-state index contributed by atoms with van der Waals surface area (Å²) in [6.07, 6.45) is 3.20. The first-order chi connectivity index (χ1) is 17.2. The number of benzene rings is 3. The first-order valence-corrected chi connectivity index (χ1v) is 12.1. The van der Waals surface area contributed by atoms with Crippen LogP contribution in [0.15, 0.2) is 79.0 Å². The lowest BCUT2D eigenvalue weighted by Gasteiger charge is -2.26. The van der Waals surface area contributed by atoms with Gasteiger partial charge in [0.1, 0.15) is 11.5 Å². The van der Waals surface area contributed by atoms with E-state index in [2.05, 4.69) is 15.3 Å². The van der Waals surface area contributed by atoms with Crippen molar-refractivity contribution in [2.24, 2.45) is 0 Å². The highest BCUT2D eigenvalue weighted by atomic mass is 16.5. The first kappa shape index (κ1) is 23.1. The van der Waals surface area contributed by atoms with Gasteiger partial charge in [-0.05, 0) is 54.4 Å². The molecule has 0 unspecified atom stereocenters. The van der Waals surface area contributed by atoms with Crippen LogP contribution in [0.4, 0.5) is 5.69 Å². The standard InChI is InChI=1S/C28H30N4O3/c33-28(19-22-7-11-26(12-8-22)35-25-5-2-1-3-6-25)30-24-10-9-23-21-29-32(27(23)20-24)14-4-13-31-15-17-34-18-16-31/h1-3,5-12,20-21H,4,13-19H2,(H,30,33).